The number of amides is 1. The summed E-state index contributed by atoms with van der Waals surface area (Å²) in [5, 5.41) is 10.8. The minimum absolute atomic E-state index is 0.149. The molecule has 0 N–H and O–H groups in total. The van der Waals surface area contributed by atoms with Gasteiger partial charge in [-0.25, -0.2) is 14.4 Å². The van der Waals surface area contributed by atoms with Crippen LogP contribution in [0.4, 0.5) is 10.5 Å². The Kier molecular flexibility index (Phi) is 9.05. The van der Waals surface area contributed by atoms with Crippen molar-refractivity contribution in [1.82, 2.24) is 4.90 Å². The lowest BCUT2D eigenvalue weighted by Crippen LogP contribution is -2.42. The number of benzene rings is 2. The highest BCUT2D eigenvalue weighted by molar-refractivity contribution is 7.86. The van der Waals surface area contributed by atoms with E-state index in [0.29, 0.717) is 5.56 Å². The Morgan fingerprint density at radius 2 is 1.68 bits per heavy atom. The fourth-order valence-electron chi connectivity index (χ4n) is 4.00. The Morgan fingerprint density at radius 1 is 1.02 bits per heavy atom. The fraction of sp³-hybridized carbons (Fsp3) is 0.385. The minimum Gasteiger partial charge on any atom is -0.456 e. The number of nitro benzene ring substituents is 1. The molecule has 1 amide bonds. The van der Waals surface area contributed by atoms with Gasteiger partial charge in [-0.2, -0.15) is 8.42 Å². The van der Waals surface area contributed by atoms with Crippen LogP contribution in [0.2, 0.25) is 0 Å². The molecule has 14 heteroatoms. The third-order valence-electron chi connectivity index (χ3n) is 5.61. The first-order valence-electron chi connectivity index (χ1n) is 12.0. The molecule has 0 bridgehead atoms. The van der Waals surface area contributed by atoms with Crippen molar-refractivity contribution in [3.63, 3.8) is 0 Å². The lowest BCUT2D eigenvalue weighted by molar-refractivity contribution is -0.384. The largest absolute Gasteiger partial charge is 0.456 e. The van der Waals surface area contributed by atoms with Gasteiger partial charge in [-0.3, -0.25) is 24.0 Å². The second-order valence-corrected chi connectivity index (χ2v) is 11.7. The van der Waals surface area contributed by atoms with Crippen LogP contribution >= 0.6 is 0 Å². The van der Waals surface area contributed by atoms with E-state index in [1.165, 1.54) is 12.1 Å². The van der Waals surface area contributed by atoms with Crippen molar-refractivity contribution in [2.24, 2.45) is 0 Å². The van der Waals surface area contributed by atoms with Crippen LogP contribution in [0.5, 0.6) is 0 Å². The van der Waals surface area contributed by atoms with Gasteiger partial charge in [0.05, 0.1) is 41.0 Å². The molecular weight excluding hydrogens is 548 g/mol. The van der Waals surface area contributed by atoms with Gasteiger partial charge in [0, 0.05) is 25.0 Å². The maximum Gasteiger partial charge on any atom is 0.418 e. The summed E-state index contributed by atoms with van der Waals surface area (Å²) < 4.78 is 38.6. The number of non-ortho nitro benzene ring substituents is 1. The van der Waals surface area contributed by atoms with E-state index in [-0.39, 0.29) is 36.2 Å². The normalized spacial score (nSPS) is 17.2. The van der Waals surface area contributed by atoms with Crippen molar-refractivity contribution >= 4 is 39.6 Å². The van der Waals surface area contributed by atoms with E-state index in [2.05, 4.69) is 0 Å². The van der Waals surface area contributed by atoms with E-state index in [9.17, 15) is 37.7 Å². The standard InChI is InChI=1S/C26H28N2O11S/c1-26(2,3)38-24(31)18-7-5-6-16(12-18)13-22(29)21-14-20(39-40(4,35)36)15-27(21)25(32)37-23(30)17-8-10-19(11-9-17)28(33)34/h5-12,20-21H,13-15H2,1-4H3/t20?,21-/m0/s1. The molecule has 214 valence electrons. The van der Waals surface area contributed by atoms with Crippen LogP contribution in [-0.2, 0) is 35.0 Å². The van der Waals surface area contributed by atoms with Gasteiger partial charge in [-0.1, -0.05) is 12.1 Å². The van der Waals surface area contributed by atoms with Crippen LogP contribution in [0.25, 0.3) is 0 Å². The van der Waals surface area contributed by atoms with Gasteiger partial charge in [-0.05, 0) is 50.6 Å². The average molecular weight is 577 g/mol. The zero-order valence-corrected chi connectivity index (χ0v) is 23.0. The van der Waals surface area contributed by atoms with Gasteiger partial charge in [0.1, 0.15) is 5.60 Å². The number of carbonyl (C=O) groups excluding carboxylic acids is 4. The molecule has 2 atom stereocenters. The molecular formula is C26H28N2O11S. The molecule has 1 fully saturated rings. The summed E-state index contributed by atoms with van der Waals surface area (Å²) in [5.74, 6) is -2.22. The number of hydrogen-bond donors (Lipinski definition) is 0. The Balaban J connectivity index is 1.78. The molecule has 1 aliphatic rings. The van der Waals surface area contributed by atoms with E-state index in [4.69, 9.17) is 13.7 Å². The van der Waals surface area contributed by atoms with Crippen LogP contribution in [0.15, 0.2) is 48.5 Å². The maximum atomic E-state index is 13.3. The van der Waals surface area contributed by atoms with Crippen molar-refractivity contribution < 1.29 is 46.2 Å². The first-order valence-corrected chi connectivity index (χ1v) is 13.8. The Morgan fingerprint density at radius 3 is 2.25 bits per heavy atom. The number of Topliss-reactive ketones (excluding diaryl/α,β-unsaturated/α-hetero) is 1. The summed E-state index contributed by atoms with van der Waals surface area (Å²) in [4.78, 5) is 62.2. The van der Waals surface area contributed by atoms with Gasteiger partial charge >= 0.3 is 18.0 Å². The molecule has 1 aliphatic heterocycles. The molecule has 0 aromatic heterocycles. The molecule has 0 radical (unpaired) electrons. The quantitative estimate of drug-likeness (QED) is 0.148. The smallest absolute Gasteiger partial charge is 0.418 e. The minimum atomic E-state index is -3.94. The van der Waals surface area contributed by atoms with E-state index < -0.39 is 56.6 Å². The van der Waals surface area contributed by atoms with E-state index in [1.807, 2.05) is 0 Å². The molecule has 13 nitrogen and oxygen atoms in total. The number of nitrogens with zero attached hydrogens (tertiary/aromatic N) is 2. The third-order valence-corrected chi connectivity index (χ3v) is 6.24. The van der Waals surface area contributed by atoms with Gasteiger partial charge in [0.25, 0.3) is 15.8 Å². The molecule has 1 heterocycles. The topological polar surface area (TPSA) is 176 Å². The van der Waals surface area contributed by atoms with Gasteiger partial charge in [0.2, 0.25) is 0 Å². The van der Waals surface area contributed by atoms with Crippen LogP contribution in [0, 0.1) is 10.1 Å². The molecule has 3 rings (SSSR count). The highest BCUT2D eigenvalue weighted by atomic mass is 32.2. The molecule has 0 spiro atoms. The second-order valence-electron chi connectivity index (χ2n) is 10.1. The molecule has 40 heavy (non-hydrogen) atoms. The first kappa shape index (κ1) is 30.4. The van der Waals surface area contributed by atoms with Crippen LogP contribution < -0.4 is 0 Å². The molecule has 2 aromatic rings. The number of hydrogen-bond acceptors (Lipinski definition) is 11. The third kappa shape index (κ3) is 8.41. The zero-order chi connectivity index (χ0) is 29.8. The Labute approximate surface area is 230 Å². The van der Waals surface area contributed by atoms with Gasteiger partial charge in [0.15, 0.2) is 5.78 Å². The van der Waals surface area contributed by atoms with Crippen LogP contribution in [0.1, 0.15) is 53.5 Å². The zero-order valence-electron chi connectivity index (χ0n) is 22.2. The molecule has 2 aromatic carbocycles. The van der Waals surface area contributed by atoms with Gasteiger partial charge in [-0.15, -0.1) is 0 Å². The van der Waals surface area contributed by atoms with Crippen molar-refractivity contribution in [3.05, 3.63) is 75.3 Å². The Hall–Kier alpha value is -4.17. The predicted molar refractivity (Wildman–Crippen MR) is 139 cm³/mol. The summed E-state index contributed by atoms with van der Waals surface area (Å²) in [6.07, 6.45) is -1.88. The lowest BCUT2D eigenvalue weighted by Gasteiger charge is -2.22. The highest BCUT2D eigenvalue weighted by Crippen LogP contribution is 2.25. The summed E-state index contributed by atoms with van der Waals surface area (Å²) >= 11 is 0. The number of nitro groups is 1. The molecule has 0 saturated carbocycles. The number of ether oxygens (including phenoxy) is 2. The van der Waals surface area contributed by atoms with Crippen molar-refractivity contribution in [2.45, 2.75) is 51.4 Å². The van der Waals surface area contributed by atoms with E-state index in [1.54, 1.807) is 32.9 Å². The molecule has 1 saturated heterocycles. The SMILES string of the molecule is CC(C)(C)OC(=O)c1cccc(CC(=O)[C@@H]2CC(OS(C)(=O)=O)CN2C(=O)OC(=O)c2ccc([N+](=O)[O-])cc2)c1. The maximum absolute atomic E-state index is 13.3. The Bertz CT molecular complexity index is 1430. The van der Waals surface area contributed by atoms with Gasteiger partial charge < -0.3 is 9.47 Å². The van der Waals surface area contributed by atoms with Crippen LogP contribution in [0.3, 0.4) is 0 Å². The lowest BCUT2D eigenvalue weighted by atomic mass is 10.00. The number of likely N-dealkylation sites (tertiary alicyclic amines) is 1. The second kappa shape index (κ2) is 11.9. The summed E-state index contributed by atoms with van der Waals surface area (Å²) in [6.45, 7) is 4.79. The monoisotopic (exact) mass is 576 g/mol. The first-order chi connectivity index (χ1) is 18.5. The summed E-state index contributed by atoms with van der Waals surface area (Å²) in [6, 6.07) is 9.31. The number of ketones is 1. The number of esters is 2. The summed E-state index contributed by atoms with van der Waals surface area (Å²) in [5.41, 5.74) is -0.492. The van der Waals surface area contributed by atoms with Crippen molar-refractivity contribution in [2.75, 3.05) is 12.8 Å². The number of carbonyl (C=O) groups is 4. The summed E-state index contributed by atoms with van der Waals surface area (Å²) in [7, 11) is -3.94. The highest BCUT2D eigenvalue weighted by Gasteiger charge is 2.42. The molecule has 0 aliphatic carbocycles. The number of rotatable bonds is 8. The molecule has 1 unspecified atom stereocenters. The average Bonchev–Trinajstić information content (AvgIpc) is 3.25. The fourth-order valence-corrected chi connectivity index (χ4v) is 4.64. The van der Waals surface area contributed by atoms with E-state index in [0.717, 1.165) is 35.4 Å². The van der Waals surface area contributed by atoms with E-state index >= 15 is 0 Å². The predicted octanol–water partition coefficient (Wildman–Crippen LogP) is 3.06. The van der Waals surface area contributed by atoms with Crippen LogP contribution in [-0.4, -0.2) is 72.6 Å². The van der Waals surface area contributed by atoms with Crippen molar-refractivity contribution in [1.29, 1.82) is 0 Å². The van der Waals surface area contributed by atoms with Crippen molar-refractivity contribution in [3.8, 4) is 0 Å².